The van der Waals surface area contributed by atoms with E-state index in [1.54, 1.807) is 12.0 Å². The van der Waals surface area contributed by atoms with Gasteiger partial charge in [0.2, 0.25) is 5.91 Å². The Balaban J connectivity index is 2.73. The van der Waals surface area contributed by atoms with Gasteiger partial charge >= 0.3 is 0 Å². The van der Waals surface area contributed by atoms with Gasteiger partial charge in [0.15, 0.2) is 0 Å². The van der Waals surface area contributed by atoms with Crippen molar-refractivity contribution in [2.75, 3.05) is 34.3 Å². The Labute approximate surface area is 134 Å². The molecule has 0 fully saturated rings. The molecule has 0 radical (unpaired) electrons. The quantitative estimate of drug-likeness (QED) is 0.842. The fourth-order valence-electron chi connectivity index (χ4n) is 2.34. The number of likely N-dealkylation sites (N-methyl/N-ethyl adjacent to an activating group) is 2. The topological polar surface area (TPSA) is 41.6 Å². The van der Waals surface area contributed by atoms with Crippen LogP contribution in [0.1, 0.15) is 38.3 Å². The van der Waals surface area contributed by atoms with Gasteiger partial charge in [0.1, 0.15) is 5.75 Å². The molecule has 124 valence electrons. The first-order valence-electron chi connectivity index (χ1n) is 7.85. The van der Waals surface area contributed by atoms with Crippen molar-refractivity contribution >= 4 is 5.91 Å². The zero-order valence-corrected chi connectivity index (χ0v) is 14.8. The monoisotopic (exact) mass is 306 g/mol. The molecular weight excluding hydrogens is 276 g/mol. The second kappa shape index (κ2) is 8.18. The predicted molar refractivity (Wildman–Crippen MR) is 91.6 cm³/mol. The number of aryl methyl sites for hydroxylation is 1. The van der Waals surface area contributed by atoms with E-state index in [-0.39, 0.29) is 11.3 Å². The van der Waals surface area contributed by atoms with Crippen LogP contribution in [0.3, 0.4) is 0 Å². The van der Waals surface area contributed by atoms with Crippen molar-refractivity contribution in [3.63, 3.8) is 0 Å². The first-order chi connectivity index (χ1) is 10.3. The molecule has 1 rings (SSSR count). The molecule has 4 nitrogen and oxygen atoms in total. The van der Waals surface area contributed by atoms with Crippen molar-refractivity contribution in [3.8, 4) is 5.75 Å². The highest BCUT2D eigenvalue weighted by molar-refractivity contribution is 5.76. The van der Waals surface area contributed by atoms with E-state index >= 15 is 0 Å². The summed E-state index contributed by atoms with van der Waals surface area (Å²) in [5.41, 5.74) is 2.39. The molecule has 0 aromatic heterocycles. The summed E-state index contributed by atoms with van der Waals surface area (Å²) < 4.78 is 5.45. The maximum Gasteiger partial charge on any atom is 0.222 e. The van der Waals surface area contributed by atoms with Crippen LogP contribution in [0.15, 0.2) is 18.2 Å². The normalized spacial score (nSPS) is 11.4. The molecule has 0 saturated heterocycles. The van der Waals surface area contributed by atoms with Crippen LogP contribution in [-0.4, -0.2) is 45.1 Å². The highest BCUT2D eigenvalue weighted by Crippen LogP contribution is 2.32. The zero-order valence-electron chi connectivity index (χ0n) is 14.8. The highest BCUT2D eigenvalue weighted by Gasteiger charge is 2.19. The van der Waals surface area contributed by atoms with E-state index in [1.807, 2.05) is 20.2 Å². The average Bonchev–Trinajstić information content (AvgIpc) is 2.48. The van der Waals surface area contributed by atoms with Crippen molar-refractivity contribution in [1.82, 2.24) is 10.2 Å². The number of carbonyl (C=O) groups is 1. The number of ether oxygens (including phenoxy) is 1. The number of hydrogen-bond donors (Lipinski definition) is 1. The van der Waals surface area contributed by atoms with Gasteiger partial charge in [0.05, 0.1) is 7.11 Å². The second-order valence-electron chi connectivity index (χ2n) is 6.70. The van der Waals surface area contributed by atoms with E-state index in [4.69, 9.17) is 4.74 Å². The molecule has 0 saturated carbocycles. The number of benzene rings is 1. The van der Waals surface area contributed by atoms with Crippen LogP contribution in [0.4, 0.5) is 0 Å². The molecule has 1 aromatic rings. The van der Waals surface area contributed by atoms with Crippen LogP contribution in [0.5, 0.6) is 5.75 Å². The maximum absolute atomic E-state index is 12.1. The van der Waals surface area contributed by atoms with Crippen LogP contribution in [0, 0.1) is 0 Å². The van der Waals surface area contributed by atoms with E-state index in [2.05, 4.69) is 38.2 Å². The Morgan fingerprint density at radius 2 is 2.00 bits per heavy atom. The summed E-state index contributed by atoms with van der Waals surface area (Å²) in [7, 11) is 5.45. The molecule has 0 unspecified atom stereocenters. The minimum absolute atomic E-state index is 0.0228. The largest absolute Gasteiger partial charge is 0.496 e. The van der Waals surface area contributed by atoms with Crippen LogP contribution >= 0.6 is 0 Å². The van der Waals surface area contributed by atoms with E-state index in [0.29, 0.717) is 6.42 Å². The average molecular weight is 306 g/mol. The van der Waals surface area contributed by atoms with Crippen molar-refractivity contribution in [1.29, 1.82) is 0 Å². The maximum atomic E-state index is 12.1. The van der Waals surface area contributed by atoms with Crippen molar-refractivity contribution in [2.24, 2.45) is 0 Å². The Morgan fingerprint density at radius 3 is 2.55 bits per heavy atom. The number of nitrogens with zero attached hydrogens (tertiary/aromatic N) is 1. The first kappa shape index (κ1) is 18.5. The molecule has 0 aliphatic rings. The van der Waals surface area contributed by atoms with Crippen molar-refractivity contribution in [2.45, 2.75) is 39.0 Å². The Morgan fingerprint density at radius 1 is 1.32 bits per heavy atom. The van der Waals surface area contributed by atoms with Gasteiger partial charge in [-0.1, -0.05) is 32.9 Å². The van der Waals surface area contributed by atoms with E-state index in [1.165, 1.54) is 11.1 Å². The second-order valence-corrected chi connectivity index (χ2v) is 6.70. The molecule has 0 bridgehead atoms. The molecule has 4 heteroatoms. The lowest BCUT2D eigenvalue weighted by molar-refractivity contribution is -0.129. The zero-order chi connectivity index (χ0) is 16.8. The van der Waals surface area contributed by atoms with Gasteiger partial charge in [0.25, 0.3) is 0 Å². The molecule has 1 amide bonds. The molecule has 0 heterocycles. The number of nitrogens with one attached hydrogen (secondary N) is 1. The third-order valence-corrected chi connectivity index (χ3v) is 3.82. The number of amides is 1. The summed E-state index contributed by atoms with van der Waals surface area (Å²) in [6, 6.07) is 6.22. The minimum Gasteiger partial charge on any atom is -0.496 e. The van der Waals surface area contributed by atoms with Crippen LogP contribution in [0.25, 0.3) is 0 Å². The van der Waals surface area contributed by atoms with Crippen LogP contribution < -0.4 is 10.1 Å². The number of methoxy groups -OCH3 is 1. The lowest BCUT2D eigenvalue weighted by Crippen LogP contribution is -2.32. The van der Waals surface area contributed by atoms with Gasteiger partial charge in [-0.3, -0.25) is 4.79 Å². The van der Waals surface area contributed by atoms with Gasteiger partial charge in [0, 0.05) is 26.6 Å². The Hall–Kier alpha value is -1.55. The highest BCUT2D eigenvalue weighted by atomic mass is 16.5. The van der Waals surface area contributed by atoms with E-state index in [0.717, 1.165) is 25.3 Å². The summed E-state index contributed by atoms with van der Waals surface area (Å²) in [6.45, 7) is 8.08. The number of rotatable bonds is 7. The summed E-state index contributed by atoms with van der Waals surface area (Å²) in [4.78, 5) is 13.9. The van der Waals surface area contributed by atoms with E-state index in [9.17, 15) is 4.79 Å². The summed E-state index contributed by atoms with van der Waals surface area (Å²) in [5.74, 6) is 1.09. The van der Waals surface area contributed by atoms with E-state index < -0.39 is 0 Å². The summed E-state index contributed by atoms with van der Waals surface area (Å²) >= 11 is 0. The Bertz CT molecular complexity index is 492. The molecule has 0 aliphatic heterocycles. The smallest absolute Gasteiger partial charge is 0.222 e. The molecular formula is C18H30N2O2. The van der Waals surface area contributed by atoms with Crippen LogP contribution in [-0.2, 0) is 16.6 Å². The molecule has 0 atom stereocenters. The van der Waals surface area contributed by atoms with Gasteiger partial charge in [-0.05, 0) is 36.1 Å². The number of hydrogen-bond acceptors (Lipinski definition) is 3. The lowest BCUT2D eigenvalue weighted by Gasteiger charge is -2.23. The fraction of sp³-hybridized carbons (Fsp3) is 0.611. The Kier molecular flexibility index (Phi) is 6.88. The molecule has 0 spiro atoms. The van der Waals surface area contributed by atoms with Gasteiger partial charge in [-0.2, -0.15) is 0 Å². The minimum atomic E-state index is 0.0228. The fourth-order valence-corrected chi connectivity index (χ4v) is 2.34. The summed E-state index contributed by atoms with van der Waals surface area (Å²) in [5, 5.41) is 3.06. The molecule has 1 N–H and O–H groups in total. The summed E-state index contributed by atoms with van der Waals surface area (Å²) in [6.07, 6.45) is 1.30. The van der Waals surface area contributed by atoms with Gasteiger partial charge < -0.3 is 15.0 Å². The SMILES string of the molecule is CNCCN(C)C(=O)CCc1ccc(OC)c(C(C)(C)C)c1. The predicted octanol–water partition coefficient (Wildman–Crippen LogP) is 2.60. The third-order valence-electron chi connectivity index (χ3n) is 3.82. The standard InChI is InChI=1S/C18H30N2O2/c1-18(2,3)15-13-14(7-9-16(15)22-6)8-10-17(21)20(5)12-11-19-4/h7,9,13,19H,8,10-12H2,1-6H3. The lowest BCUT2D eigenvalue weighted by atomic mass is 9.85. The van der Waals surface area contributed by atoms with Gasteiger partial charge in [-0.25, -0.2) is 0 Å². The first-order valence-corrected chi connectivity index (χ1v) is 7.85. The van der Waals surface area contributed by atoms with Crippen LogP contribution in [0.2, 0.25) is 0 Å². The van der Waals surface area contributed by atoms with Gasteiger partial charge in [-0.15, -0.1) is 0 Å². The molecule has 22 heavy (non-hydrogen) atoms. The number of carbonyl (C=O) groups excluding carboxylic acids is 1. The van der Waals surface area contributed by atoms with Crippen molar-refractivity contribution < 1.29 is 9.53 Å². The van der Waals surface area contributed by atoms with Crippen molar-refractivity contribution in [3.05, 3.63) is 29.3 Å². The molecule has 0 aliphatic carbocycles. The third kappa shape index (κ3) is 5.34. The molecule has 1 aromatic carbocycles.